The highest BCUT2D eigenvalue weighted by atomic mass is 16.2. The largest absolute Gasteiger partial charge is 0.316 e. The fraction of sp³-hybridized carbons (Fsp3) is 0.600. The quantitative estimate of drug-likeness (QED) is 0.906. The molecule has 2 rings (SSSR count). The van der Waals surface area contributed by atoms with Gasteiger partial charge >= 0.3 is 0 Å². The molecule has 0 spiro atoms. The number of piperidine rings is 1. The Labute approximate surface area is 115 Å². The summed E-state index contributed by atoms with van der Waals surface area (Å²) >= 11 is 0. The van der Waals surface area contributed by atoms with Crippen LogP contribution in [0.4, 0.5) is 5.69 Å². The van der Waals surface area contributed by atoms with Crippen molar-refractivity contribution in [2.45, 2.75) is 26.7 Å². The third-order valence-electron chi connectivity index (χ3n) is 4.22. The lowest BCUT2D eigenvalue weighted by atomic mass is 9.74. The van der Waals surface area contributed by atoms with Crippen LogP contribution in [0.1, 0.15) is 26.7 Å². The molecule has 1 unspecified atom stereocenters. The number of hydrogen-bond acceptors (Lipinski definition) is 3. The molecule has 0 saturated carbocycles. The van der Waals surface area contributed by atoms with E-state index in [-0.39, 0.29) is 11.3 Å². The van der Waals surface area contributed by atoms with Gasteiger partial charge in [0.05, 0.1) is 0 Å². The summed E-state index contributed by atoms with van der Waals surface area (Å²) in [5.74, 6) is 0.574. The normalized spacial score (nSPS) is 20.1. The molecule has 1 aliphatic rings. The molecule has 1 atom stereocenters. The fourth-order valence-corrected chi connectivity index (χ4v) is 2.76. The first-order valence-corrected chi connectivity index (χ1v) is 6.92. The summed E-state index contributed by atoms with van der Waals surface area (Å²) in [6.45, 7) is 6.12. The van der Waals surface area contributed by atoms with Crippen LogP contribution in [-0.2, 0) is 4.79 Å². The summed E-state index contributed by atoms with van der Waals surface area (Å²) in [7, 11) is 1.84. The van der Waals surface area contributed by atoms with E-state index >= 15 is 0 Å². The highest BCUT2D eigenvalue weighted by molar-refractivity contribution is 5.96. The van der Waals surface area contributed by atoms with E-state index in [9.17, 15) is 4.79 Å². The maximum Gasteiger partial charge on any atom is 0.232 e. The van der Waals surface area contributed by atoms with Gasteiger partial charge in [0.15, 0.2) is 0 Å². The molecule has 104 valence electrons. The van der Waals surface area contributed by atoms with Crippen LogP contribution in [0.2, 0.25) is 0 Å². The topological polar surface area (TPSA) is 45.2 Å². The molecule has 0 aromatic carbocycles. The summed E-state index contributed by atoms with van der Waals surface area (Å²) in [5.41, 5.74) is 0.558. The van der Waals surface area contributed by atoms with Crippen molar-refractivity contribution in [3.63, 3.8) is 0 Å². The van der Waals surface area contributed by atoms with Crippen molar-refractivity contribution in [3.8, 4) is 0 Å². The second-order valence-corrected chi connectivity index (χ2v) is 5.83. The van der Waals surface area contributed by atoms with E-state index in [2.05, 4.69) is 24.1 Å². The average Bonchev–Trinajstić information content (AvgIpc) is 2.47. The first kappa shape index (κ1) is 14.0. The van der Waals surface area contributed by atoms with Gasteiger partial charge in [-0.1, -0.05) is 13.8 Å². The minimum Gasteiger partial charge on any atom is -0.316 e. The fourth-order valence-electron chi connectivity index (χ4n) is 2.76. The van der Waals surface area contributed by atoms with Gasteiger partial charge in [-0.2, -0.15) is 0 Å². The number of carbonyl (C=O) groups is 1. The first-order valence-electron chi connectivity index (χ1n) is 6.92. The van der Waals surface area contributed by atoms with E-state index in [1.54, 1.807) is 17.3 Å². The number of carbonyl (C=O) groups excluding carboxylic acids is 1. The molecule has 1 saturated heterocycles. The Bertz CT molecular complexity index is 424. The van der Waals surface area contributed by atoms with E-state index < -0.39 is 0 Å². The van der Waals surface area contributed by atoms with Crippen LogP contribution in [0.15, 0.2) is 24.5 Å². The van der Waals surface area contributed by atoms with Crippen LogP contribution in [0.3, 0.4) is 0 Å². The lowest BCUT2D eigenvalue weighted by Crippen LogP contribution is -2.48. The summed E-state index contributed by atoms with van der Waals surface area (Å²) in [4.78, 5) is 18.5. The maximum atomic E-state index is 12.7. The van der Waals surface area contributed by atoms with Gasteiger partial charge in [0.1, 0.15) is 0 Å². The lowest BCUT2D eigenvalue weighted by molar-refractivity contribution is -0.129. The van der Waals surface area contributed by atoms with E-state index in [1.807, 2.05) is 19.2 Å². The van der Waals surface area contributed by atoms with Crippen LogP contribution >= 0.6 is 0 Å². The van der Waals surface area contributed by atoms with Gasteiger partial charge in [0.25, 0.3) is 0 Å². The first-order chi connectivity index (χ1) is 9.03. The molecule has 0 radical (unpaired) electrons. The standard InChI is InChI=1S/C15H23N3O/c1-15(2,12-5-4-8-17-11-12)14(19)18(3)13-6-9-16-10-7-13/h6-7,9-10,12,17H,4-5,8,11H2,1-3H3. The predicted octanol–water partition coefficient (Wildman–Crippen LogP) is 2.07. The Morgan fingerprint density at radius 3 is 2.68 bits per heavy atom. The van der Waals surface area contributed by atoms with E-state index in [1.165, 1.54) is 0 Å². The van der Waals surface area contributed by atoms with Crippen molar-refractivity contribution in [3.05, 3.63) is 24.5 Å². The molecular weight excluding hydrogens is 238 g/mol. The second-order valence-electron chi connectivity index (χ2n) is 5.83. The molecule has 1 aromatic rings. The van der Waals surface area contributed by atoms with Gasteiger partial charge in [0, 0.05) is 30.5 Å². The smallest absolute Gasteiger partial charge is 0.232 e. The van der Waals surface area contributed by atoms with Crippen LogP contribution in [-0.4, -0.2) is 31.0 Å². The third-order valence-corrected chi connectivity index (χ3v) is 4.22. The van der Waals surface area contributed by atoms with E-state index in [0.717, 1.165) is 31.6 Å². The summed E-state index contributed by atoms with van der Waals surface area (Å²) in [6, 6.07) is 3.74. The molecule has 2 heterocycles. The Morgan fingerprint density at radius 1 is 1.42 bits per heavy atom. The zero-order valence-electron chi connectivity index (χ0n) is 12.0. The lowest BCUT2D eigenvalue weighted by Gasteiger charge is -2.38. The van der Waals surface area contributed by atoms with Crippen molar-refractivity contribution >= 4 is 11.6 Å². The van der Waals surface area contributed by atoms with Crippen LogP contribution < -0.4 is 10.2 Å². The highest BCUT2D eigenvalue weighted by Gasteiger charge is 2.39. The highest BCUT2D eigenvalue weighted by Crippen LogP contribution is 2.34. The molecule has 4 nitrogen and oxygen atoms in total. The number of pyridine rings is 1. The SMILES string of the molecule is CN(C(=O)C(C)(C)C1CCCNC1)c1ccncc1. The molecule has 0 aliphatic carbocycles. The minimum absolute atomic E-state index is 0.174. The van der Waals surface area contributed by atoms with Gasteiger partial charge in [-0.15, -0.1) is 0 Å². The third kappa shape index (κ3) is 2.95. The second kappa shape index (κ2) is 5.70. The number of rotatable bonds is 3. The minimum atomic E-state index is -0.342. The number of nitrogens with one attached hydrogen (secondary N) is 1. The molecule has 19 heavy (non-hydrogen) atoms. The molecule has 1 fully saturated rings. The van der Waals surface area contributed by atoms with Gasteiger partial charge in [0.2, 0.25) is 5.91 Å². The van der Waals surface area contributed by atoms with Crippen molar-refractivity contribution < 1.29 is 4.79 Å². The molecule has 4 heteroatoms. The summed E-state index contributed by atoms with van der Waals surface area (Å²) in [6.07, 6.45) is 5.71. The van der Waals surface area contributed by atoms with Crippen molar-refractivity contribution in [1.82, 2.24) is 10.3 Å². The van der Waals surface area contributed by atoms with Gasteiger partial charge in [-0.25, -0.2) is 0 Å². The molecule has 1 amide bonds. The monoisotopic (exact) mass is 261 g/mol. The number of nitrogens with zero attached hydrogens (tertiary/aromatic N) is 2. The number of anilines is 1. The van der Waals surface area contributed by atoms with Crippen LogP contribution in [0.25, 0.3) is 0 Å². The Hall–Kier alpha value is -1.42. The number of aromatic nitrogens is 1. The van der Waals surface area contributed by atoms with Gasteiger partial charge in [-0.05, 0) is 44.0 Å². The predicted molar refractivity (Wildman–Crippen MR) is 77.0 cm³/mol. The molecule has 1 N–H and O–H groups in total. The number of amides is 1. The number of hydrogen-bond donors (Lipinski definition) is 1. The van der Waals surface area contributed by atoms with E-state index in [4.69, 9.17) is 0 Å². The molecule has 1 aliphatic heterocycles. The van der Waals surface area contributed by atoms with Crippen molar-refractivity contribution in [2.24, 2.45) is 11.3 Å². The zero-order valence-corrected chi connectivity index (χ0v) is 12.0. The van der Waals surface area contributed by atoms with E-state index in [0.29, 0.717) is 5.92 Å². The van der Waals surface area contributed by atoms with Crippen LogP contribution in [0, 0.1) is 11.3 Å². The average molecular weight is 261 g/mol. The summed E-state index contributed by atoms with van der Waals surface area (Å²) < 4.78 is 0. The van der Waals surface area contributed by atoms with Gasteiger partial charge in [-0.3, -0.25) is 9.78 Å². The van der Waals surface area contributed by atoms with Gasteiger partial charge < -0.3 is 10.2 Å². The summed E-state index contributed by atoms with van der Waals surface area (Å²) in [5, 5.41) is 3.39. The van der Waals surface area contributed by atoms with Crippen LogP contribution in [0.5, 0.6) is 0 Å². The van der Waals surface area contributed by atoms with Crippen molar-refractivity contribution in [1.29, 1.82) is 0 Å². The molecule has 0 bridgehead atoms. The Balaban J connectivity index is 2.13. The molecular formula is C15H23N3O. The Morgan fingerprint density at radius 2 is 2.11 bits per heavy atom. The molecule has 1 aromatic heterocycles. The Kier molecular flexibility index (Phi) is 4.20. The van der Waals surface area contributed by atoms with Crippen molar-refractivity contribution in [2.75, 3.05) is 25.0 Å². The zero-order chi connectivity index (χ0) is 13.9. The maximum absolute atomic E-state index is 12.7.